The Morgan fingerprint density at radius 1 is 0.387 bits per heavy atom. The lowest BCUT2D eigenvalue weighted by molar-refractivity contribution is 0.204. The fourth-order valence-electron chi connectivity index (χ4n) is 5.05. The van der Waals surface area contributed by atoms with Crippen LogP contribution in [0.5, 0.6) is 0 Å². The standard InChI is InChI=1S/C29H61N.ClH/c1-4-7-10-13-16-19-22-25-29(28-30,26-23-20-17-14-11-8-5-2)27-24-21-18-15-12-9-6-3;/h4-28,30H2,1-3H3;1H. The molecule has 0 aromatic carbocycles. The molecule has 0 fully saturated rings. The highest BCUT2D eigenvalue weighted by atomic mass is 35.5. The van der Waals surface area contributed by atoms with Crippen molar-refractivity contribution >= 4 is 12.4 Å². The third kappa shape index (κ3) is 21.8. The van der Waals surface area contributed by atoms with Gasteiger partial charge in [-0.2, -0.15) is 0 Å². The molecule has 2 heteroatoms. The van der Waals surface area contributed by atoms with Gasteiger partial charge in [-0.25, -0.2) is 0 Å². The molecule has 0 aliphatic heterocycles. The van der Waals surface area contributed by atoms with E-state index < -0.39 is 0 Å². The van der Waals surface area contributed by atoms with Crippen molar-refractivity contribution in [2.45, 2.75) is 175 Å². The summed E-state index contributed by atoms with van der Waals surface area (Å²) in [6.07, 6.45) is 34.0. The van der Waals surface area contributed by atoms with Crippen LogP contribution in [0.4, 0.5) is 0 Å². The van der Waals surface area contributed by atoms with Crippen molar-refractivity contribution in [3.05, 3.63) is 0 Å². The molecular formula is C29H62ClN. The fraction of sp³-hybridized carbons (Fsp3) is 1.00. The number of hydrogen-bond acceptors (Lipinski definition) is 1. The molecule has 190 valence electrons. The first-order valence-electron chi connectivity index (χ1n) is 14.4. The first-order valence-corrected chi connectivity index (χ1v) is 14.4. The van der Waals surface area contributed by atoms with E-state index in [9.17, 15) is 0 Å². The molecule has 0 atom stereocenters. The summed E-state index contributed by atoms with van der Waals surface area (Å²) in [7, 11) is 0. The Morgan fingerprint density at radius 3 is 0.839 bits per heavy atom. The quantitative estimate of drug-likeness (QED) is 0.135. The summed E-state index contributed by atoms with van der Waals surface area (Å²) in [4.78, 5) is 0. The van der Waals surface area contributed by atoms with Crippen LogP contribution in [0.25, 0.3) is 0 Å². The second kappa shape index (κ2) is 26.5. The van der Waals surface area contributed by atoms with E-state index in [1.165, 1.54) is 154 Å². The molecule has 1 nitrogen and oxygen atoms in total. The van der Waals surface area contributed by atoms with Gasteiger partial charge < -0.3 is 5.73 Å². The molecule has 0 aromatic heterocycles. The summed E-state index contributed by atoms with van der Waals surface area (Å²) in [5, 5.41) is 0. The van der Waals surface area contributed by atoms with E-state index in [0.29, 0.717) is 5.41 Å². The molecule has 0 heterocycles. The summed E-state index contributed by atoms with van der Waals surface area (Å²) in [5.74, 6) is 0. The van der Waals surface area contributed by atoms with Crippen LogP contribution >= 0.6 is 12.4 Å². The Labute approximate surface area is 204 Å². The lowest BCUT2D eigenvalue weighted by Crippen LogP contribution is -2.31. The highest BCUT2D eigenvalue weighted by Crippen LogP contribution is 2.36. The molecule has 0 amide bonds. The molecule has 0 aliphatic rings. The van der Waals surface area contributed by atoms with Gasteiger partial charge in [0.1, 0.15) is 0 Å². The molecule has 0 saturated carbocycles. The second-order valence-corrected chi connectivity index (χ2v) is 10.3. The molecule has 0 spiro atoms. The molecule has 0 unspecified atom stereocenters. The van der Waals surface area contributed by atoms with Crippen molar-refractivity contribution in [2.75, 3.05) is 6.54 Å². The minimum absolute atomic E-state index is 0. The maximum absolute atomic E-state index is 6.45. The fourth-order valence-corrected chi connectivity index (χ4v) is 5.05. The van der Waals surface area contributed by atoms with E-state index >= 15 is 0 Å². The Bertz CT molecular complexity index is 272. The van der Waals surface area contributed by atoms with E-state index in [4.69, 9.17) is 5.73 Å². The zero-order valence-corrected chi connectivity index (χ0v) is 23.0. The summed E-state index contributed by atoms with van der Waals surface area (Å²) in [6, 6.07) is 0. The Balaban J connectivity index is 0. The summed E-state index contributed by atoms with van der Waals surface area (Å²) < 4.78 is 0. The monoisotopic (exact) mass is 459 g/mol. The molecule has 0 rings (SSSR count). The van der Waals surface area contributed by atoms with Crippen LogP contribution in [0.2, 0.25) is 0 Å². The van der Waals surface area contributed by atoms with Crippen molar-refractivity contribution in [1.29, 1.82) is 0 Å². The van der Waals surface area contributed by atoms with E-state index in [-0.39, 0.29) is 12.4 Å². The van der Waals surface area contributed by atoms with Gasteiger partial charge in [0.15, 0.2) is 0 Å². The van der Waals surface area contributed by atoms with Gasteiger partial charge in [0.2, 0.25) is 0 Å². The number of halogens is 1. The van der Waals surface area contributed by atoms with Crippen molar-refractivity contribution in [1.82, 2.24) is 0 Å². The van der Waals surface area contributed by atoms with Crippen LogP contribution in [0.1, 0.15) is 175 Å². The van der Waals surface area contributed by atoms with E-state index in [1.54, 1.807) is 0 Å². The molecule has 2 N–H and O–H groups in total. The van der Waals surface area contributed by atoms with Gasteiger partial charge in [0.05, 0.1) is 0 Å². The highest BCUT2D eigenvalue weighted by Gasteiger charge is 2.27. The Kier molecular flexibility index (Phi) is 28.6. The molecule has 0 aromatic rings. The number of hydrogen-bond donors (Lipinski definition) is 1. The van der Waals surface area contributed by atoms with Gasteiger partial charge in [-0.15, -0.1) is 12.4 Å². The lowest BCUT2D eigenvalue weighted by Gasteiger charge is -2.33. The number of rotatable bonds is 25. The topological polar surface area (TPSA) is 26.0 Å². The predicted octanol–water partition coefficient (Wildman–Crippen LogP) is 10.8. The summed E-state index contributed by atoms with van der Waals surface area (Å²) >= 11 is 0. The minimum atomic E-state index is 0. The molecule has 0 radical (unpaired) electrons. The smallest absolute Gasteiger partial charge is 0.00205 e. The largest absolute Gasteiger partial charge is 0.330 e. The average Bonchev–Trinajstić information content (AvgIpc) is 2.76. The maximum atomic E-state index is 6.45. The van der Waals surface area contributed by atoms with Crippen molar-refractivity contribution in [3.8, 4) is 0 Å². The summed E-state index contributed by atoms with van der Waals surface area (Å²) in [6.45, 7) is 7.85. The summed E-state index contributed by atoms with van der Waals surface area (Å²) in [5.41, 5.74) is 6.90. The van der Waals surface area contributed by atoms with Crippen molar-refractivity contribution in [2.24, 2.45) is 11.1 Å². The first-order chi connectivity index (χ1) is 14.7. The number of nitrogens with two attached hydrogens (primary N) is 1. The molecule has 0 bridgehead atoms. The van der Waals surface area contributed by atoms with Crippen LogP contribution < -0.4 is 5.73 Å². The zero-order chi connectivity index (χ0) is 22.2. The minimum Gasteiger partial charge on any atom is -0.330 e. The number of unbranched alkanes of at least 4 members (excludes halogenated alkanes) is 18. The van der Waals surface area contributed by atoms with Crippen LogP contribution in [-0.2, 0) is 0 Å². The van der Waals surface area contributed by atoms with Crippen molar-refractivity contribution < 1.29 is 0 Å². The predicted molar refractivity (Wildman–Crippen MR) is 147 cm³/mol. The second-order valence-electron chi connectivity index (χ2n) is 10.3. The maximum Gasteiger partial charge on any atom is -0.00205 e. The Hall–Kier alpha value is 0.250. The highest BCUT2D eigenvalue weighted by molar-refractivity contribution is 5.85. The molecular weight excluding hydrogens is 398 g/mol. The third-order valence-corrected chi connectivity index (χ3v) is 7.36. The SMILES string of the molecule is CCCCCCCCCC(CN)(CCCCCCCCC)CCCCCCCCC.Cl. The van der Waals surface area contributed by atoms with Crippen LogP contribution in [0.3, 0.4) is 0 Å². The zero-order valence-electron chi connectivity index (χ0n) is 22.2. The van der Waals surface area contributed by atoms with Crippen LogP contribution in [0.15, 0.2) is 0 Å². The van der Waals surface area contributed by atoms with Gasteiger partial charge in [-0.1, -0.05) is 156 Å². The normalized spacial score (nSPS) is 11.6. The lowest BCUT2D eigenvalue weighted by atomic mass is 9.74. The van der Waals surface area contributed by atoms with Gasteiger partial charge in [0.25, 0.3) is 0 Å². The van der Waals surface area contributed by atoms with Crippen molar-refractivity contribution in [3.63, 3.8) is 0 Å². The third-order valence-electron chi connectivity index (χ3n) is 7.36. The van der Waals surface area contributed by atoms with Gasteiger partial charge in [0, 0.05) is 0 Å². The van der Waals surface area contributed by atoms with Gasteiger partial charge >= 0.3 is 0 Å². The van der Waals surface area contributed by atoms with Crippen LogP contribution in [-0.4, -0.2) is 6.54 Å². The average molecular weight is 460 g/mol. The van der Waals surface area contributed by atoms with E-state index in [0.717, 1.165) is 6.54 Å². The van der Waals surface area contributed by atoms with E-state index in [2.05, 4.69) is 20.8 Å². The molecule has 0 aliphatic carbocycles. The Morgan fingerprint density at radius 2 is 0.613 bits per heavy atom. The first kappa shape index (κ1) is 33.4. The van der Waals surface area contributed by atoms with E-state index in [1.807, 2.05) is 0 Å². The molecule has 31 heavy (non-hydrogen) atoms. The van der Waals surface area contributed by atoms with Gasteiger partial charge in [-0.05, 0) is 31.2 Å². The van der Waals surface area contributed by atoms with Crippen LogP contribution in [0, 0.1) is 5.41 Å². The molecule has 0 saturated heterocycles. The van der Waals surface area contributed by atoms with Gasteiger partial charge in [-0.3, -0.25) is 0 Å².